The third-order valence-corrected chi connectivity index (χ3v) is 17.5. The quantitative estimate of drug-likeness (QED) is 0.0199. The number of nitrogens with one attached hydrogen (secondary N) is 1. The van der Waals surface area contributed by atoms with Gasteiger partial charge in [-0.3, -0.25) is 4.79 Å². The lowest BCUT2D eigenvalue weighted by atomic mass is 9.96. The van der Waals surface area contributed by atoms with Crippen LogP contribution in [0.1, 0.15) is 226 Å². The molecular weight excluding hydrogens is 1230 g/mol. The van der Waals surface area contributed by atoms with E-state index >= 15 is 0 Å². The summed E-state index contributed by atoms with van der Waals surface area (Å²) in [7, 11) is 0. The number of carbonyl (C=O) groups is 1. The van der Waals surface area contributed by atoms with E-state index in [1.807, 2.05) is 6.08 Å². The molecule has 3 aliphatic heterocycles. The van der Waals surface area contributed by atoms with Gasteiger partial charge in [0.15, 0.2) is 18.9 Å². The van der Waals surface area contributed by atoms with Crippen molar-refractivity contribution >= 4 is 5.91 Å². The van der Waals surface area contributed by atoms with E-state index in [0.29, 0.717) is 12.8 Å². The number of carbonyl (C=O) groups excluding carboxylic acids is 1. The van der Waals surface area contributed by atoms with Crippen molar-refractivity contribution in [2.45, 2.75) is 330 Å². The maximum Gasteiger partial charge on any atom is 0.220 e. The minimum atomic E-state index is -1.99. The minimum Gasteiger partial charge on any atom is -0.394 e. The van der Waals surface area contributed by atoms with Crippen LogP contribution in [-0.4, -0.2) is 193 Å². The van der Waals surface area contributed by atoms with Gasteiger partial charge in [0, 0.05) is 6.42 Å². The molecule has 0 bridgehead atoms. The predicted octanol–water partition coefficient (Wildman–Crippen LogP) is 10.8. The SMILES string of the molecule is CC/C=C\C/C=C\C/C=C\C/C=C\C/C=C\C/C=C\C/C=C\CCCCCCCCCCCCCC(=O)NC(COC1OC(CO)C(OC2OC(CO)C(OC3OC(CO)C(O)C(O)C3O)C(O)C2O)C(O)C1O)C(O)/C=C/CC/C=C/CC/C=C/CCCCCCCCCC. The average molecular weight is 1360 g/mol. The van der Waals surface area contributed by atoms with Gasteiger partial charge in [0.1, 0.15) is 73.2 Å². The maximum atomic E-state index is 13.4. The minimum absolute atomic E-state index is 0.220. The van der Waals surface area contributed by atoms with Gasteiger partial charge in [-0.05, 0) is 103 Å². The molecule has 550 valence electrons. The van der Waals surface area contributed by atoms with Gasteiger partial charge < -0.3 is 89.9 Å². The van der Waals surface area contributed by atoms with Crippen LogP contribution in [-0.2, 0) is 33.2 Å². The number of ether oxygens (including phenoxy) is 6. The van der Waals surface area contributed by atoms with E-state index in [0.717, 1.165) is 103 Å². The zero-order valence-electron chi connectivity index (χ0n) is 58.3. The molecule has 19 heteroatoms. The Bertz CT molecular complexity index is 2210. The van der Waals surface area contributed by atoms with E-state index in [2.05, 4.69) is 129 Å². The molecule has 3 saturated heterocycles. The second kappa shape index (κ2) is 56.9. The average Bonchev–Trinajstić information content (AvgIpc) is 0.787. The van der Waals surface area contributed by atoms with Crippen LogP contribution in [0, 0.1) is 0 Å². The van der Waals surface area contributed by atoms with E-state index in [1.54, 1.807) is 6.08 Å². The predicted molar refractivity (Wildman–Crippen MR) is 378 cm³/mol. The zero-order chi connectivity index (χ0) is 69.6. The van der Waals surface area contributed by atoms with Crippen molar-refractivity contribution in [1.82, 2.24) is 5.32 Å². The topological polar surface area (TPSA) is 307 Å². The third kappa shape index (κ3) is 37.6. The molecule has 17 atom stereocenters. The molecule has 0 aromatic rings. The Kier molecular flexibility index (Phi) is 51.2. The molecule has 3 rings (SSSR count). The van der Waals surface area contributed by atoms with Gasteiger partial charge in [0.2, 0.25) is 5.91 Å². The second-order valence-corrected chi connectivity index (χ2v) is 25.6. The van der Waals surface area contributed by atoms with Crippen LogP contribution in [0.25, 0.3) is 0 Å². The summed E-state index contributed by atoms with van der Waals surface area (Å²) in [6.07, 6.45) is 51.7. The fourth-order valence-corrected chi connectivity index (χ4v) is 11.6. The number of aliphatic hydroxyl groups is 11. The monoisotopic (exact) mass is 1360 g/mol. The van der Waals surface area contributed by atoms with Gasteiger partial charge in [0.05, 0.1) is 38.6 Å². The molecule has 3 aliphatic rings. The van der Waals surface area contributed by atoms with Gasteiger partial charge in [-0.1, -0.05) is 238 Å². The van der Waals surface area contributed by atoms with Crippen molar-refractivity contribution in [2.75, 3.05) is 26.4 Å². The Hall–Kier alpha value is -3.81. The molecule has 0 aromatic heterocycles. The normalized spacial score (nSPS) is 27.8. The Labute approximate surface area is 576 Å². The number of unbranched alkanes of at least 4 members (excludes halogenated alkanes) is 21. The van der Waals surface area contributed by atoms with Crippen LogP contribution in [0.5, 0.6) is 0 Å². The van der Waals surface area contributed by atoms with E-state index in [-0.39, 0.29) is 18.9 Å². The third-order valence-electron chi connectivity index (χ3n) is 17.5. The summed E-state index contributed by atoms with van der Waals surface area (Å²) in [5, 5.41) is 121. The largest absolute Gasteiger partial charge is 0.394 e. The summed E-state index contributed by atoms with van der Waals surface area (Å²) in [5.74, 6) is -0.298. The molecule has 0 saturated carbocycles. The van der Waals surface area contributed by atoms with Gasteiger partial charge in [-0.15, -0.1) is 0 Å². The number of amides is 1. The van der Waals surface area contributed by atoms with Crippen molar-refractivity contribution in [3.8, 4) is 0 Å². The van der Waals surface area contributed by atoms with Crippen molar-refractivity contribution in [1.29, 1.82) is 0 Å². The first-order chi connectivity index (χ1) is 46.8. The van der Waals surface area contributed by atoms with Crippen molar-refractivity contribution in [3.63, 3.8) is 0 Å². The van der Waals surface area contributed by atoms with Crippen molar-refractivity contribution in [2.24, 2.45) is 0 Å². The van der Waals surface area contributed by atoms with E-state index in [9.17, 15) is 61.0 Å². The number of hydrogen-bond donors (Lipinski definition) is 12. The highest BCUT2D eigenvalue weighted by Crippen LogP contribution is 2.33. The number of aliphatic hydroxyl groups excluding tert-OH is 11. The highest BCUT2D eigenvalue weighted by molar-refractivity contribution is 5.76. The lowest BCUT2D eigenvalue weighted by Gasteiger charge is -2.48. The number of rotatable bonds is 55. The van der Waals surface area contributed by atoms with Gasteiger partial charge in [0.25, 0.3) is 0 Å². The maximum absolute atomic E-state index is 13.4. The Morgan fingerprint density at radius 2 is 0.729 bits per heavy atom. The summed E-state index contributed by atoms with van der Waals surface area (Å²) in [6, 6.07) is -1.01. The smallest absolute Gasteiger partial charge is 0.220 e. The van der Waals surface area contributed by atoms with Crippen LogP contribution in [0.4, 0.5) is 0 Å². The fourth-order valence-electron chi connectivity index (χ4n) is 11.6. The van der Waals surface area contributed by atoms with Crippen molar-refractivity contribution in [3.05, 3.63) is 122 Å². The van der Waals surface area contributed by atoms with E-state index in [4.69, 9.17) is 28.4 Å². The Balaban J connectivity index is 1.40. The van der Waals surface area contributed by atoms with Gasteiger partial charge >= 0.3 is 0 Å². The molecule has 0 aromatic carbocycles. The molecule has 0 spiro atoms. The first kappa shape index (κ1) is 86.4. The van der Waals surface area contributed by atoms with Crippen LogP contribution >= 0.6 is 0 Å². The standard InChI is InChI=1S/C77H129NO18/c1-3-5-7-9-11-13-15-17-19-21-23-24-25-26-27-28-29-30-31-32-33-34-35-36-37-39-41-43-45-47-49-51-53-55-65(83)78-60(61(82)54-52-50-48-46-44-42-40-38-22-20-18-16-14-12-10-8-6-4-2)59-91-75-71(89)68(86)73(63(57-80)93-75)96-77-72(90)69(87)74(64(58-81)94-77)95-76-70(88)67(85)66(84)62(56-79)92-76/h5,7,11,13,17,19,22-24,26-27,29-30,32-33,38,44,46,52,54,60-64,66-77,79-82,84-90H,3-4,6,8-10,12,14-16,18,20-21,25,28,31,34-37,39-43,45,47-51,53,55-59H2,1-2H3,(H,78,83)/b7-5-,13-11-,19-17-,24-23-,27-26-,30-29-,33-32-,38-22+,46-44+,54-52+. The molecule has 17 unspecified atom stereocenters. The second-order valence-electron chi connectivity index (χ2n) is 25.6. The summed E-state index contributed by atoms with van der Waals surface area (Å²) in [6.45, 7) is 1.57. The summed E-state index contributed by atoms with van der Waals surface area (Å²) < 4.78 is 34.3. The Morgan fingerprint density at radius 1 is 0.385 bits per heavy atom. The van der Waals surface area contributed by atoms with Crippen LogP contribution < -0.4 is 5.32 Å². The van der Waals surface area contributed by atoms with Crippen molar-refractivity contribution < 1.29 is 89.4 Å². The van der Waals surface area contributed by atoms with E-state index < -0.39 is 124 Å². The molecular formula is C77H129NO18. The molecule has 12 N–H and O–H groups in total. The molecule has 3 fully saturated rings. The molecule has 96 heavy (non-hydrogen) atoms. The lowest BCUT2D eigenvalue weighted by Crippen LogP contribution is -2.66. The van der Waals surface area contributed by atoms with E-state index in [1.165, 1.54) is 89.9 Å². The summed E-state index contributed by atoms with van der Waals surface area (Å²) >= 11 is 0. The van der Waals surface area contributed by atoms with Crippen LogP contribution in [0.15, 0.2) is 122 Å². The summed E-state index contributed by atoms with van der Waals surface area (Å²) in [4.78, 5) is 13.4. The Morgan fingerprint density at radius 3 is 1.17 bits per heavy atom. The number of hydrogen-bond acceptors (Lipinski definition) is 18. The summed E-state index contributed by atoms with van der Waals surface area (Å²) in [5.41, 5.74) is 0. The highest BCUT2D eigenvalue weighted by atomic mass is 16.8. The fraction of sp³-hybridized carbons (Fsp3) is 0.727. The van der Waals surface area contributed by atoms with Gasteiger partial charge in [-0.2, -0.15) is 0 Å². The molecule has 19 nitrogen and oxygen atoms in total. The van der Waals surface area contributed by atoms with Crippen LogP contribution in [0.2, 0.25) is 0 Å². The molecule has 0 aliphatic carbocycles. The molecule has 1 amide bonds. The van der Waals surface area contributed by atoms with Crippen LogP contribution in [0.3, 0.4) is 0 Å². The lowest BCUT2D eigenvalue weighted by molar-refractivity contribution is -0.379. The first-order valence-electron chi connectivity index (χ1n) is 36.8. The van der Waals surface area contributed by atoms with Gasteiger partial charge in [-0.25, -0.2) is 0 Å². The number of allylic oxidation sites excluding steroid dienone is 19. The molecule has 3 heterocycles. The molecule has 0 radical (unpaired) electrons. The highest BCUT2D eigenvalue weighted by Gasteiger charge is 2.53. The zero-order valence-corrected chi connectivity index (χ0v) is 58.3. The first-order valence-corrected chi connectivity index (χ1v) is 36.8.